The summed E-state index contributed by atoms with van der Waals surface area (Å²) in [5.74, 6) is 0. The molecule has 0 radical (unpaired) electrons. The van der Waals surface area contributed by atoms with Crippen molar-refractivity contribution in [3.8, 4) is 0 Å². The van der Waals surface area contributed by atoms with Crippen LogP contribution in [0.25, 0.3) is 10.8 Å². The van der Waals surface area contributed by atoms with Crippen molar-refractivity contribution < 1.29 is 4.79 Å². The number of fused-ring (bicyclic) bond motifs is 1. The molecule has 0 spiro atoms. The van der Waals surface area contributed by atoms with Crippen LogP contribution in [0.4, 0.5) is 0 Å². The van der Waals surface area contributed by atoms with Gasteiger partial charge in [0.25, 0.3) is 0 Å². The van der Waals surface area contributed by atoms with Crippen LogP contribution in [0.5, 0.6) is 0 Å². The Labute approximate surface area is 109 Å². The van der Waals surface area contributed by atoms with Gasteiger partial charge in [-0.1, -0.05) is 42.5 Å². The largest absolute Gasteiger partial charge is 0.317 e. The maximum absolute atomic E-state index is 8.81. The van der Waals surface area contributed by atoms with Gasteiger partial charge >= 0.3 is 0 Å². The summed E-state index contributed by atoms with van der Waals surface area (Å²) in [6, 6.07) is 15.6. The van der Waals surface area contributed by atoms with Gasteiger partial charge in [0.1, 0.15) is 6.29 Å². The predicted octanol–water partition coefficient (Wildman–Crippen LogP) is 3.20. The van der Waals surface area contributed by atoms with Crippen molar-refractivity contribution in [1.29, 1.82) is 0 Å². The summed E-state index contributed by atoms with van der Waals surface area (Å²) in [6.07, 6.45) is 1.83. The summed E-state index contributed by atoms with van der Waals surface area (Å²) in [6.45, 7) is 3.65. The molecule has 0 fully saturated rings. The second-order valence-electron chi connectivity index (χ2n) is 4.27. The van der Waals surface area contributed by atoms with E-state index in [2.05, 4.69) is 54.7 Å². The fourth-order valence-corrected chi connectivity index (χ4v) is 1.90. The lowest BCUT2D eigenvalue weighted by Crippen LogP contribution is -2.23. The summed E-state index contributed by atoms with van der Waals surface area (Å²) in [5, 5.41) is 5.99. The smallest absolute Gasteiger partial charge is 0.116 e. The van der Waals surface area contributed by atoms with Crippen molar-refractivity contribution in [2.24, 2.45) is 0 Å². The molecule has 0 aliphatic heterocycles. The SMILES string of the molecule is CC=O.CN[C@H](C)Cc1cccc2ccccc12. The molecular formula is C16H21NO. The predicted molar refractivity (Wildman–Crippen MR) is 77.9 cm³/mol. The number of carbonyl (C=O) groups excluding carboxylic acids is 1. The molecule has 0 amide bonds. The van der Waals surface area contributed by atoms with Crippen LogP contribution >= 0.6 is 0 Å². The molecule has 1 atom stereocenters. The van der Waals surface area contributed by atoms with Crippen molar-refractivity contribution in [2.75, 3.05) is 7.05 Å². The molecule has 0 heterocycles. The maximum atomic E-state index is 8.81. The van der Waals surface area contributed by atoms with Crippen LogP contribution in [-0.2, 0) is 11.2 Å². The zero-order valence-electron chi connectivity index (χ0n) is 11.3. The van der Waals surface area contributed by atoms with Crippen LogP contribution in [-0.4, -0.2) is 19.4 Å². The van der Waals surface area contributed by atoms with Gasteiger partial charge in [-0.2, -0.15) is 0 Å². The van der Waals surface area contributed by atoms with Crippen LogP contribution in [0.1, 0.15) is 19.4 Å². The first-order valence-corrected chi connectivity index (χ1v) is 6.26. The summed E-state index contributed by atoms with van der Waals surface area (Å²) >= 11 is 0. The molecule has 0 bridgehead atoms. The third kappa shape index (κ3) is 3.97. The highest BCUT2D eigenvalue weighted by molar-refractivity contribution is 5.85. The molecular weight excluding hydrogens is 222 g/mol. The molecule has 96 valence electrons. The number of carbonyl (C=O) groups is 1. The van der Waals surface area contributed by atoms with Gasteiger partial charge in [-0.25, -0.2) is 0 Å². The second-order valence-corrected chi connectivity index (χ2v) is 4.27. The van der Waals surface area contributed by atoms with E-state index in [-0.39, 0.29) is 0 Å². The van der Waals surface area contributed by atoms with E-state index in [1.54, 1.807) is 0 Å². The molecule has 0 saturated heterocycles. The number of rotatable bonds is 3. The average Bonchev–Trinajstić information content (AvgIpc) is 2.40. The minimum absolute atomic E-state index is 0.524. The number of likely N-dealkylation sites (N-methyl/N-ethyl adjacent to an activating group) is 1. The van der Waals surface area contributed by atoms with E-state index in [1.165, 1.54) is 23.3 Å². The van der Waals surface area contributed by atoms with Crippen LogP contribution < -0.4 is 5.32 Å². The molecule has 1 N–H and O–H groups in total. The van der Waals surface area contributed by atoms with Crippen LogP contribution in [0.2, 0.25) is 0 Å². The van der Waals surface area contributed by atoms with Gasteiger partial charge < -0.3 is 10.1 Å². The summed E-state index contributed by atoms with van der Waals surface area (Å²) < 4.78 is 0. The van der Waals surface area contributed by atoms with Gasteiger partial charge in [0.05, 0.1) is 0 Å². The van der Waals surface area contributed by atoms with E-state index in [4.69, 9.17) is 4.79 Å². The van der Waals surface area contributed by atoms with E-state index in [0.29, 0.717) is 6.04 Å². The number of nitrogens with one attached hydrogen (secondary N) is 1. The molecule has 2 aromatic rings. The molecule has 2 nitrogen and oxygen atoms in total. The van der Waals surface area contributed by atoms with Gasteiger partial charge in [-0.3, -0.25) is 0 Å². The van der Waals surface area contributed by atoms with Crippen molar-refractivity contribution in [3.63, 3.8) is 0 Å². The first kappa shape index (κ1) is 14.4. The molecule has 0 aliphatic rings. The molecule has 18 heavy (non-hydrogen) atoms. The van der Waals surface area contributed by atoms with Crippen molar-refractivity contribution in [3.05, 3.63) is 48.0 Å². The van der Waals surface area contributed by atoms with Crippen molar-refractivity contribution in [2.45, 2.75) is 26.3 Å². The first-order chi connectivity index (χ1) is 8.72. The average molecular weight is 243 g/mol. The minimum Gasteiger partial charge on any atom is -0.317 e. The Bertz CT molecular complexity index is 488. The normalized spacial score (nSPS) is 11.5. The van der Waals surface area contributed by atoms with Crippen LogP contribution in [0.3, 0.4) is 0 Å². The van der Waals surface area contributed by atoms with E-state index in [9.17, 15) is 0 Å². The lowest BCUT2D eigenvalue weighted by Gasteiger charge is -2.12. The Morgan fingerprint density at radius 2 is 1.78 bits per heavy atom. The molecule has 2 aromatic carbocycles. The zero-order valence-corrected chi connectivity index (χ0v) is 11.3. The van der Waals surface area contributed by atoms with E-state index < -0.39 is 0 Å². The Morgan fingerprint density at radius 1 is 1.17 bits per heavy atom. The maximum Gasteiger partial charge on any atom is 0.116 e. The van der Waals surface area contributed by atoms with Gasteiger partial charge in [-0.15, -0.1) is 0 Å². The fourth-order valence-electron chi connectivity index (χ4n) is 1.90. The Hall–Kier alpha value is -1.67. The molecule has 2 rings (SSSR count). The number of hydrogen-bond acceptors (Lipinski definition) is 2. The van der Waals surface area contributed by atoms with E-state index in [0.717, 1.165) is 12.7 Å². The third-order valence-electron chi connectivity index (χ3n) is 2.90. The van der Waals surface area contributed by atoms with Crippen LogP contribution in [0.15, 0.2) is 42.5 Å². The highest BCUT2D eigenvalue weighted by Gasteiger charge is 2.03. The van der Waals surface area contributed by atoms with Gasteiger partial charge in [0, 0.05) is 6.04 Å². The van der Waals surface area contributed by atoms with Gasteiger partial charge in [0.15, 0.2) is 0 Å². The van der Waals surface area contributed by atoms with E-state index >= 15 is 0 Å². The molecule has 0 saturated carbocycles. The van der Waals surface area contributed by atoms with Crippen LogP contribution in [0, 0.1) is 0 Å². The summed E-state index contributed by atoms with van der Waals surface area (Å²) in [5.41, 5.74) is 1.43. The molecule has 0 aliphatic carbocycles. The molecule has 2 heteroatoms. The fraction of sp³-hybridized carbons (Fsp3) is 0.312. The monoisotopic (exact) mass is 243 g/mol. The lowest BCUT2D eigenvalue weighted by atomic mass is 9.99. The highest BCUT2D eigenvalue weighted by atomic mass is 16.1. The second kappa shape index (κ2) is 7.62. The van der Waals surface area contributed by atoms with E-state index in [1.807, 2.05) is 7.05 Å². The van der Waals surface area contributed by atoms with Gasteiger partial charge in [-0.05, 0) is 43.7 Å². The topological polar surface area (TPSA) is 29.1 Å². The standard InChI is InChI=1S/C14H17N.C2H4O/c1-11(15-2)10-13-8-5-7-12-6-3-4-9-14(12)13;1-2-3/h3-9,11,15H,10H2,1-2H3;2H,1H3/t11-;/m1./s1. The molecule has 0 unspecified atom stereocenters. The number of hydrogen-bond donors (Lipinski definition) is 1. The lowest BCUT2D eigenvalue weighted by molar-refractivity contribution is -0.106. The Morgan fingerprint density at radius 3 is 2.44 bits per heavy atom. The van der Waals surface area contributed by atoms with Crippen molar-refractivity contribution >= 4 is 17.1 Å². The Kier molecular flexibility index (Phi) is 6.09. The quantitative estimate of drug-likeness (QED) is 0.839. The summed E-state index contributed by atoms with van der Waals surface area (Å²) in [4.78, 5) is 8.81. The third-order valence-corrected chi connectivity index (χ3v) is 2.90. The zero-order chi connectivity index (χ0) is 13.4. The van der Waals surface area contributed by atoms with Crippen molar-refractivity contribution in [1.82, 2.24) is 5.32 Å². The number of benzene rings is 2. The minimum atomic E-state index is 0.524. The molecule has 0 aromatic heterocycles. The Balaban J connectivity index is 0.000000492. The number of aldehydes is 1. The summed E-state index contributed by atoms with van der Waals surface area (Å²) in [7, 11) is 2.01. The first-order valence-electron chi connectivity index (χ1n) is 6.26. The highest BCUT2D eigenvalue weighted by Crippen LogP contribution is 2.19. The van der Waals surface area contributed by atoms with Gasteiger partial charge in [0.2, 0.25) is 0 Å².